The summed E-state index contributed by atoms with van der Waals surface area (Å²) in [5, 5.41) is 0.628. The number of nitrogens with zero attached hydrogens (tertiary/aromatic N) is 3. The van der Waals surface area contributed by atoms with Gasteiger partial charge in [-0.2, -0.15) is 9.30 Å². The zero-order valence-electron chi connectivity index (χ0n) is 17.6. The van der Waals surface area contributed by atoms with Crippen LogP contribution in [0.2, 0.25) is 5.02 Å². The van der Waals surface area contributed by atoms with Crippen molar-refractivity contribution in [2.24, 2.45) is 12.0 Å². The molecule has 0 atom stereocenters. The summed E-state index contributed by atoms with van der Waals surface area (Å²) in [5.41, 5.74) is 2.25. The minimum Gasteiger partial charge on any atom is -0.468 e. The Hall–Kier alpha value is -2.72. The van der Waals surface area contributed by atoms with Crippen LogP contribution in [0.5, 0.6) is 0 Å². The summed E-state index contributed by atoms with van der Waals surface area (Å²) >= 11 is 7.51. The number of benzene rings is 2. The van der Waals surface area contributed by atoms with Crippen LogP contribution in [-0.4, -0.2) is 30.2 Å². The molecule has 10 heteroatoms. The fourth-order valence-corrected chi connectivity index (χ4v) is 5.99. The molecule has 0 fully saturated rings. The van der Waals surface area contributed by atoms with Gasteiger partial charge in [-0.25, -0.2) is 8.42 Å². The normalized spacial score (nSPS) is 12.7. The molecule has 2 aromatic carbocycles. The molecule has 0 aliphatic heterocycles. The highest BCUT2D eigenvalue weighted by molar-refractivity contribution is 7.89. The van der Waals surface area contributed by atoms with Gasteiger partial charge in [-0.1, -0.05) is 22.9 Å². The second-order valence-corrected chi connectivity index (χ2v) is 10.8. The van der Waals surface area contributed by atoms with Gasteiger partial charge in [0.05, 0.1) is 27.9 Å². The lowest BCUT2D eigenvalue weighted by atomic mass is 10.2. The summed E-state index contributed by atoms with van der Waals surface area (Å²) in [6.07, 6.45) is 1.49. The minimum atomic E-state index is -3.73. The van der Waals surface area contributed by atoms with Gasteiger partial charge in [0.2, 0.25) is 10.0 Å². The molecule has 0 unspecified atom stereocenters. The second-order valence-electron chi connectivity index (χ2n) is 7.29. The molecule has 0 saturated heterocycles. The lowest BCUT2D eigenvalue weighted by Crippen LogP contribution is -2.26. The quantitative estimate of drug-likeness (QED) is 0.417. The number of fused-ring (bicyclic) bond motifs is 1. The molecule has 0 radical (unpaired) electrons. The molecular weight excluding hydrogens is 470 g/mol. The molecule has 4 aromatic rings. The lowest BCUT2D eigenvalue weighted by Gasteiger charge is -2.16. The van der Waals surface area contributed by atoms with Gasteiger partial charge in [-0.15, -0.1) is 0 Å². The maximum absolute atomic E-state index is 12.8. The van der Waals surface area contributed by atoms with E-state index in [1.807, 2.05) is 30.7 Å². The summed E-state index contributed by atoms with van der Waals surface area (Å²) in [6.45, 7) is 2.06. The van der Waals surface area contributed by atoms with Gasteiger partial charge in [0, 0.05) is 24.7 Å². The number of aromatic nitrogens is 1. The zero-order valence-corrected chi connectivity index (χ0v) is 20.0. The van der Waals surface area contributed by atoms with Crippen LogP contribution in [0.1, 0.15) is 21.7 Å². The van der Waals surface area contributed by atoms with Crippen molar-refractivity contribution in [3.8, 4) is 0 Å². The molecule has 1 amide bonds. The fourth-order valence-electron chi connectivity index (χ4n) is 3.38. The van der Waals surface area contributed by atoms with E-state index in [2.05, 4.69) is 4.99 Å². The average molecular weight is 490 g/mol. The topological polar surface area (TPSA) is 84.9 Å². The highest BCUT2D eigenvalue weighted by Crippen LogP contribution is 2.25. The van der Waals surface area contributed by atoms with Crippen LogP contribution in [-0.2, 0) is 23.6 Å². The number of carbonyl (C=O) groups is 1. The SMILES string of the molecule is Cc1cc(Cl)cc2sc(=NC(=O)c3ccc(S(=O)(=O)N(C)Cc4ccco4)cc3)n(C)c12. The fraction of sp³-hybridized carbons (Fsp3) is 0.182. The van der Waals surface area contributed by atoms with E-state index in [4.69, 9.17) is 16.0 Å². The van der Waals surface area contributed by atoms with Crippen molar-refractivity contribution in [2.75, 3.05) is 7.05 Å². The Morgan fingerprint density at radius 1 is 1.22 bits per heavy atom. The number of thiazole rings is 1. The Bertz CT molecular complexity index is 1470. The Balaban J connectivity index is 1.60. The Morgan fingerprint density at radius 3 is 2.59 bits per heavy atom. The third-order valence-electron chi connectivity index (χ3n) is 5.02. The van der Waals surface area contributed by atoms with E-state index in [1.165, 1.54) is 53.2 Å². The predicted molar refractivity (Wildman–Crippen MR) is 124 cm³/mol. The summed E-state index contributed by atoms with van der Waals surface area (Å²) < 4.78 is 34.8. The molecule has 0 aliphatic rings. The van der Waals surface area contributed by atoms with Crippen molar-refractivity contribution in [1.82, 2.24) is 8.87 Å². The van der Waals surface area contributed by atoms with E-state index in [-0.39, 0.29) is 11.4 Å². The van der Waals surface area contributed by atoms with E-state index in [1.54, 1.807) is 12.1 Å². The summed E-state index contributed by atoms with van der Waals surface area (Å²) in [5.74, 6) is 0.0817. The van der Waals surface area contributed by atoms with Crippen LogP contribution in [0.15, 0.2) is 69.1 Å². The van der Waals surface area contributed by atoms with Gasteiger partial charge in [-0.05, 0) is 61.0 Å². The van der Waals surface area contributed by atoms with Crippen LogP contribution in [0.3, 0.4) is 0 Å². The molecule has 32 heavy (non-hydrogen) atoms. The van der Waals surface area contributed by atoms with E-state index < -0.39 is 15.9 Å². The average Bonchev–Trinajstić information content (AvgIpc) is 3.36. The molecule has 0 saturated carbocycles. The molecule has 0 bridgehead atoms. The first-order valence-electron chi connectivity index (χ1n) is 9.60. The van der Waals surface area contributed by atoms with E-state index in [0.717, 1.165) is 15.8 Å². The monoisotopic (exact) mass is 489 g/mol. The first kappa shape index (κ1) is 22.5. The largest absolute Gasteiger partial charge is 0.468 e. The van der Waals surface area contributed by atoms with Crippen LogP contribution >= 0.6 is 22.9 Å². The Morgan fingerprint density at radius 2 is 1.94 bits per heavy atom. The van der Waals surface area contributed by atoms with E-state index in [0.29, 0.717) is 21.1 Å². The third-order valence-corrected chi connectivity index (χ3v) is 8.13. The number of sulfonamides is 1. The van der Waals surface area contributed by atoms with Crippen LogP contribution < -0.4 is 4.80 Å². The number of aryl methyl sites for hydroxylation is 2. The summed E-state index contributed by atoms with van der Waals surface area (Å²) in [4.78, 5) is 17.6. The smallest absolute Gasteiger partial charge is 0.279 e. The van der Waals surface area contributed by atoms with Crippen LogP contribution in [0, 0.1) is 6.92 Å². The van der Waals surface area contributed by atoms with Crippen molar-refractivity contribution in [2.45, 2.75) is 18.4 Å². The number of halogens is 1. The van der Waals surface area contributed by atoms with Crippen molar-refractivity contribution in [1.29, 1.82) is 0 Å². The maximum atomic E-state index is 12.8. The molecule has 0 aliphatic carbocycles. The molecular formula is C22H20ClN3O4S2. The number of hydrogen-bond acceptors (Lipinski definition) is 5. The van der Waals surface area contributed by atoms with Gasteiger partial charge in [0.1, 0.15) is 5.76 Å². The van der Waals surface area contributed by atoms with E-state index >= 15 is 0 Å². The second kappa shape index (κ2) is 8.67. The van der Waals surface area contributed by atoms with Gasteiger partial charge in [0.15, 0.2) is 4.80 Å². The molecule has 166 valence electrons. The van der Waals surface area contributed by atoms with Crippen LogP contribution in [0.4, 0.5) is 0 Å². The highest BCUT2D eigenvalue weighted by Gasteiger charge is 2.22. The number of amides is 1. The molecule has 4 rings (SSSR count). The predicted octanol–water partition coefficient (Wildman–Crippen LogP) is 4.36. The van der Waals surface area contributed by atoms with Crippen molar-refractivity contribution >= 4 is 49.1 Å². The van der Waals surface area contributed by atoms with E-state index in [9.17, 15) is 13.2 Å². The van der Waals surface area contributed by atoms with Gasteiger partial charge < -0.3 is 8.98 Å². The third kappa shape index (κ3) is 4.29. The Labute approximate surface area is 194 Å². The van der Waals surface area contributed by atoms with Crippen molar-refractivity contribution < 1.29 is 17.6 Å². The first-order valence-corrected chi connectivity index (χ1v) is 12.2. The molecule has 7 nitrogen and oxygen atoms in total. The highest BCUT2D eigenvalue weighted by atomic mass is 35.5. The minimum absolute atomic E-state index is 0.0841. The number of furan rings is 1. The lowest BCUT2D eigenvalue weighted by molar-refractivity contribution is 0.0998. The van der Waals surface area contributed by atoms with Crippen LogP contribution in [0.25, 0.3) is 10.2 Å². The first-order chi connectivity index (χ1) is 15.2. The van der Waals surface area contributed by atoms with Gasteiger partial charge >= 0.3 is 0 Å². The molecule has 2 heterocycles. The van der Waals surface area contributed by atoms with Gasteiger partial charge in [0.25, 0.3) is 5.91 Å². The summed E-state index contributed by atoms with van der Waals surface area (Å²) in [7, 11) is -0.415. The van der Waals surface area contributed by atoms with Crippen molar-refractivity contribution in [3.05, 3.63) is 81.5 Å². The Kier molecular flexibility index (Phi) is 6.09. The number of carbonyl (C=O) groups excluding carboxylic acids is 1. The molecule has 0 spiro atoms. The van der Waals surface area contributed by atoms with Gasteiger partial charge in [-0.3, -0.25) is 4.79 Å². The maximum Gasteiger partial charge on any atom is 0.279 e. The van der Waals surface area contributed by atoms with Crippen molar-refractivity contribution in [3.63, 3.8) is 0 Å². The number of hydrogen-bond donors (Lipinski definition) is 0. The number of rotatable bonds is 5. The molecule has 0 N–H and O–H groups in total. The summed E-state index contributed by atoms with van der Waals surface area (Å²) in [6, 6.07) is 12.9. The molecule has 2 aromatic heterocycles. The zero-order chi connectivity index (χ0) is 23.0. The standard InChI is InChI=1S/C22H20ClN3O4S2/c1-14-11-16(23)12-19-20(14)26(3)22(31-19)24-21(27)15-6-8-18(9-7-15)32(28,29)25(2)13-17-5-4-10-30-17/h4-12H,13H2,1-3H3.